The van der Waals surface area contributed by atoms with Crippen molar-refractivity contribution in [2.24, 2.45) is 5.92 Å². The molecular formula is C19H21ClN4S. The minimum Gasteiger partial charge on any atom is -0.342 e. The van der Waals surface area contributed by atoms with Crippen molar-refractivity contribution in [3.05, 3.63) is 41.1 Å². The van der Waals surface area contributed by atoms with E-state index in [1.807, 2.05) is 12.4 Å². The molecule has 1 aliphatic carbocycles. The van der Waals surface area contributed by atoms with E-state index in [0.29, 0.717) is 5.92 Å². The Labute approximate surface area is 156 Å². The highest BCUT2D eigenvalue weighted by Crippen LogP contribution is 2.47. The lowest BCUT2D eigenvalue weighted by molar-refractivity contribution is 0.257. The van der Waals surface area contributed by atoms with Gasteiger partial charge in [0.1, 0.15) is 17.0 Å². The predicted octanol–water partition coefficient (Wildman–Crippen LogP) is 5.62. The van der Waals surface area contributed by atoms with Gasteiger partial charge < -0.3 is 4.98 Å². The molecule has 6 heteroatoms. The number of H-pyrrole nitrogens is 1. The van der Waals surface area contributed by atoms with Crippen molar-refractivity contribution in [1.29, 1.82) is 0 Å². The summed E-state index contributed by atoms with van der Waals surface area (Å²) in [6, 6.07) is 2.22. The third-order valence-electron chi connectivity index (χ3n) is 5.15. The van der Waals surface area contributed by atoms with Gasteiger partial charge in [0.05, 0.1) is 9.92 Å². The maximum Gasteiger partial charge on any atom is 0.140 e. The Morgan fingerprint density at radius 1 is 1.24 bits per heavy atom. The zero-order chi connectivity index (χ0) is 17.4. The van der Waals surface area contributed by atoms with Crippen LogP contribution in [0.25, 0.3) is 11.0 Å². The van der Waals surface area contributed by atoms with Crippen molar-refractivity contribution in [1.82, 2.24) is 19.9 Å². The van der Waals surface area contributed by atoms with E-state index in [0.717, 1.165) is 44.0 Å². The molecule has 0 atom stereocenters. The highest BCUT2D eigenvalue weighted by atomic mass is 35.5. The molecule has 3 aromatic heterocycles. The molecule has 0 bridgehead atoms. The second-order valence-electron chi connectivity index (χ2n) is 6.66. The average Bonchev–Trinajstić information content (AvgIpc) is 2.91. The Kier molecular flexibility index (Phi) is 4.69. The van der Waals surface area contributed by atoms with Crippen molar-refractivity contribution >= 4 is 34.4 Å². The minimum atomic E-state index is 0.583. The van der Waals surface area contributed by atoms with Crippen LogP contribution < -0.4 is 0 Å². The zero-order valence-electron chi connectivity index (χ0n) is 14.4. The van der Waals surface area contributed by atoms with E-state index in [9.17, 15) is 0 Å². The standard InChI is InChI=1S/C19H21ClN4S/c1-3-11-5-12(6-11)14-7-16(25-13-8-21-10-22-9-13)24-19-17(14)18(20)15(4-2)23-19/h7-12H,3-6H2,1-2H3,(H,23,24). The first-order chi connectivity index (χ1) is 12.2. The van der Waals surface area contributed by atoms with Crippen LogP contribution >= 0.6 is 23.4 Å². The quantitative estimate of drug-likeness (QED) is 0.631. The molecule has 130 valence electrons. The SMILES string of the molecule is CCc1[nH]c2nc(Sc3cncnc3)cc(C3CC(CC)C3)c2c1Cl. The fraction of sp³-hybridized carbons (Fsp3) is 0.421. The number of hydrogen-bond acceptors (Lipinski definition) is 4. The number of rotatable bonds is 5. The van der Waals surface area contributed by atoms with Crippen LogP contribution in [0.5, 0.6) is 0 Å². The van der Waals surface area contributed by atoms with Crippen LogP contribution in [0.15, 0.2) is 34.7 Å². The molecule has 1 aliphatic rings. The molecule has 0 amide bonds. The number of aromatic nitrogens is 4. The lowest BCUT2D eigenvalue weighted by Gasteiger charge is -2.35. The van der Waals surface area contributed by atoms with Gasteiger partial charge >= 0.3 is 0 Å². The summed E-state index contributed by atoms with van der Waals surface area (Å²) in [5.41, 5.74) is 3.32. The number of nitrogens with zero attached hydrogens (tertiary/aromatic N) is 3. The van der Waals surface area contributed by atoms with Crippen LogP contribution in [0.2, 0.25) is 5.02 Å². The molecule has 1 N–H and O–H groups in total. The lowest BCUT2D eigenvalue weighted by atomic mass is 9.70. The molecule has 0 radical (unpaired) electrons. The van der Waals surface area contributed by atoms with E-state index in [4.69, 9.17) is 16.6 Å². The lowest BCUT2D eigenvalue weighted by Crippen LogP contribution is -2.21. The number of fused-ring (bicyclic) bond motifs is 1. The Hall–Kier alpha value is -1.59. The Balaban J connectivity index is 1.77. The second kappa shape index (κ2) is 6.96. The van der Waals surface area contributed by atoms with Crippen LogP contribution in [0.4, 0.5) is 0 Å². The first-order valence-electron chi connectivity index (χ1n) is 8.83. The zero-order valence-corrected chi connectivity index (χ0v) is 16.0. The van der Waals surface area contributed by atoms with Crippen molar-refractivity contribution in [2.45, 2.75) is 55.4 Å². The summed E-state index contributed by atoms with van der Waals surface area (Å²) in [4.78, 5) is 17.4. The van der Waals surface area contributed by atoms with Crippen molar-refractivity contribution in [3.8, 4) is 0 Å². The molecule has 1 saturated carbocycles. The van der Waals surface area contributed by atoms with E-state index < -0.39 is 0 Å². The molecule has 1 fully saturated rings. The fourth-order valence-corrected chi connectivity index (χ4v) is 4.78. The molecule has 0 spiro atoms. The van der Waals surface area contributed by atoms with E-state index in [1.165, 1.54) is 24.8 Å². The monoisotopic (exact) mass is 372 g/mol. The fourth-order valence-electron chi connectivity index (χ4n) is 3.61. The number of pyridine rings is 1. The third-order valence-corrected chi connectivity index (χ3v) is 6.43. The van der Waals surface area contributed by atoms with E-state index >= 15 is 0 Å². The predicted molar refractivity (Wildman–Crippen MR) is 102 cm³/mol. The topological polar surface area (TPSA) is 54.5 Å². The summed E-state index contributed by atoms with van der Waals surface area (Å²) in [5.74, 6) is 1.43. The minimum absolute atomic E-state index is 0.583. The molecule has 25 heavy (non-hydrogen) atoms. The van der Waals surface area contributed by atoms with Gasteiger partial charge in [-0.25, -0.2) is 15.0 Å². The van der Waals surface area contributed by atoms with Gasteiger partial charge in [0, 0.05) is 23.5 Å². The van der Waals surface area contributed by atoms with E-state index in [-0.39, 0.29) is 0 Å². The summed E-state index contributed by atoms with van der Waals surface area (Å²) < 4.78 is 0. The summed E-state index contributed by atoms with van der Waals surface area (Å²) in [6.45, 7) is 4.39. The number of aryl methyl sites for hydroxylation is 1. The molecule has 4 rings (SSSR count). The molecule has 3 heterocycles. The number of hydrogen-bond donors (Lipinski definition) is 1. The number of halogens is 1. The van der Waals surface area contributed by atoms with E-state index in [1.54, 1.807) is 18.1 Å². The van der Waals surface area contributed by atoms with Gasteiger partial charge in [-0.3, -0.25) is 0 Å². The summed E-state index contributed by atoms with van der Waals surface area (Å²) in [5, 5.41) is 2.93. The van der Waals surface area contributed by atoms with Gasteiger partial charge in [0.25, 0.3) is 0 Å². The summed E-state index contributed by atoms with van der Waals surface area (Å²) in [6.07, 6.45) is 9.82. The van der Waals surface area contributed by atoms with Gasteiger partial charge in [0.2, 0.25) is 0 Å². The first-order valence-corrected chi connectivity index (χ1v) is 10.0. The van der Waals surface area contributed by atoms with Gasteiger partial charge in [0.15, 0.2) is 0 Å². The van der Waals surface area contributed by atoms with Gasteiger partial charge in [-0.1, -0.05) is 43.6 Å². The largest absolute Gasteiger partial charge is 0.342 e. The maximum absolute atomic E-state index is 6.67. The van der Waals surface area contributed by atoms with Crippen molar-refractivity contribution < 1.29 is 0 Å². The van der Waals surface area contributed by atoms with Crippen LogP contribution in [0.3, 0.4) is 0 Å². The van der Waals surface area contributed by atoms with Crippen molar-refractivity contribution in [3.63, 3.8) is 0 Å². The molecule has 0 aromatic carbocycles. The Bertz CT molecular complexity index is 887. The second-order valence-corrected chi connectivity index (χ2v) is 8.14. The first kappa shape index (κ1) is 16.9. The van der Waals surface area contributed by atoms with Gasteiger partial charge in [-0.15, -0.1) is 0 Å². The number of nitrogens with one attached hydrogen (secondary N) is 1. The number of aromatic amines is 1. The summed E-state index contributed by atoms with van der Waals surface area (Å²) in [7, 11) is 0. The molecule has 3 aromatic rings. The van der Waals surface area contributed by atoms with Crippen LogP contribution in [0, 0.1) is 5.92 Å². The molecular weight excluding hydrogens is 352 g/mol. The van der Waals surface area contributed by atoms with Crippen molar-refractivity contribution in [2.75, 3.05) is 0 Å². The molecule has 0 aliphatic heterocycles. The highest BCUT2D eigenvalue weighted by molar-refractivity contribution is 7.99. The molecule has 0 unspecified atom stereocenters. The third kappa shape index (κ3) is 3.15. The van der Waals surface area contributed by atoms with Crippen LogP contribution in [-0.4, -0.2) is 19.9 Å². The van der Waals surface area contributed by atoms with Crippen LogP contribution in [0.1, 0.15) is 50.3 Å². The average molecular weight is 373 g/mol. The molecule has 0 saturated heterocycles. The normalized spacial score (nSPS) is 20.0. The Morgan fingerprint density at radius 3 is 2.68 bits per heavy atom. The summed E-state index contributed by atoms with van der Waals surface area (Å²) >= 11 is 8.27. The Morgan fingerprint density at radius 2 is 2.00 bits per heavy atom. The maximum atomic E-state index is 6.67. The molecule has 4 nitrogen and oxygen atoms in total. The smallest absolute Gasteiger partial charge is 0.140 e. The van der Waals surface area contributed by atoms with E-state index in [2.05, 4.69) is 34.9 Å². The van der Waals surface area contributed by atoms with Crippen LogP contribution in [-0.2, 0) is 6.42 Å². The van der Waals surface area contributed by atoms with Gasteiger partial charge in [-0.2, -0.15) is 0 Å². The van der Waals surface area contributed by atoms with Gasteiger partial charge in [-0.05, 0) is 42.7 Å². The highest BCUT2D eigenvalue weighted by Gasteiger charge is 2.32.